The maximum Gasteiger partial charge on any atom is 0.263 e. The van der Waals surface area contributed by atoms with Crippen LogP contribution in [-0.2, 0) is 4.74 Å². The van der Waals surface area contributed by atoms with E-state index in [1.165, 1.54) is 12.7 Å². The number of thiocarbonyl (C=S) groups is 1. The lowest BCUT2D eigenvalue weighted by molar-refractivity contribution is 0.335. The lowest BCUT2D eigenvalue weighted by Crippen LogP contribution is -2.14. The van der Waals surface area contributed by atoms with Crippen molar-refractivity contribution in [1.82, 2.24) is 15.0 Å². The van der Waals surface area contributed by atoms with Gasteiger partial charge < -0.3 is 4.74 Å². The Morgan fingerprint density at radius 1 is 1.58 bits per heavy atom. The van der Waals surface area contributed by atoms with Crippen LogP contribution < -0.4 is 5.32 Å². The summed E-state index contributed by atoms with van der Waals surface area (Å²) in [5, 5.41) is 2.96. The number of hydrogen-bond acceptors (Lipinski definition) is 5. The van der Waals surface area contributed by atoms with Crippen LogP contribution in [0.5, 0.6) is 0 Å². The quantitative estimate of drug-likeness (QED) is 0.679. The summed E-state index contributed by atoms with van der Waals surface area (Å²) in [5.41, 5.74) is 0. The summed E-state index contributed by atoms with van der Waals surface area (Å²) in [7, 11) is 0. The van der Waals surface area contributed by atoms with Gasteiger partial charge in [-0.2, -0.15) is 0 Å². The van der Waals surface area contributed by atoms with Gasteiger partial charge in [0, 0.05) is 0 Å². The molecule has 1 aromatic rings. The second-order valence-corrected chi connectivity index (χ2v) is 2.18. The highest BCUT2D eigenvalue weighted by Crippen LogP contribution is 1.93. The largest absolute Gasteiger partial charge is 0.471 e. The van der Waals surface area contributed by atoms with Gasteiger partial charge in [-0.05, 0) is 19.1 Å². The Bertz CT molecular complexity index is 253. The number of anilines is 1. The molecule has 64 valence electrons. The molecule has 0 amide bonds. The molecule has 0 aliphatic rings. The Kier molecular flexibility index (Phi) is 3.34. The van der Waals surface area contributed by atoms with Crippen molar-refractivity contribution in [2.45, 2.75) is 6.92 Å². The predicted molar refractivity (Wildman–Crippen MR) is 47.7 cm³/mol. The minimum absolute atomic E-state index is 0.267. The van der Waals surface area contributed by atoms with E-state index in [0.29, 0.717) is 12.6 Å². The van der Waals surface area contributed by atoms with Crippen molar-refractivity contribution < 1.29 is 4.74 Å². The zero-order valence-electron chi connectivity index (χ0n) is 6.52. The Morgan fingerprint density at radius 3 is 2.83 bits per heavy atom. The van der Waals surface area contributed by atoms with E-state index in [0.717, 1.165) is 0 Å². The number of ether oxygens (including phenoxy) is 1. The van der Waals surface area contributed by atoms with Crippen molar-refractivity contribution >= 4 is 23.3 Å². The van der Waals surface area contributed by atoms with Crippen molar-refractivity contribution in [3.8, 4) is 0 Å². The fourth-order valence-electron chi connectivity index (χ4n) is 0.562. The standard InChI is InChI=1S/C6H8N4OS/c1-2-11-6(12)10-5-8-3-7-4-9-5/h3-4H,2H2,1H3,(H,7,8,9,10,12). The minimum atomic E-state index is 0.267. The van der Waals surface area contributed by atoms with Gasteiger partial charge in [-0.25, -0.2) is 15.0 Å². The Hall–Kier alpha value is -1.30. The summed E-state index contributed by atoms with van der Waals surface area (Å²) < 4.78 is 4.97. The molecule has 1 rings (SSSR count). The number of aromatic nitrogens is 3. The van der Waals surface area contributed by atoms with Crippen LogP contribution in [0.15, 0.2) is 12.7 Å². The number of nitrogens with one attached hydrogen (secondary N) is 1. The number of nitrogens with zero attached hydrogens (tertiary/aromatic N) is 3. The summed E-state index contributed by atoms with van der Waals surface area (Å²) in [4.78, 5) is 11.3. The van der Waals surface area contributed by atoms with Gasteiger partial charge in [-0.1, -0.05) is 0 Å². The number of rotatable bonds is 2. The van der Waals surface area contributed by atoms with Crippen LogP contribution in [0.4, 0.5) is 5.95 Å². The summed E-state index contributed by atoms with van der Waals surface area (Å²) in [6.07, 6.45) is 2.76. The average molecular weight is 184 g/mol. The van der Waals surface area contributed by atoms with Gasteiger partial charge in [0.05, 0.1) is 6.61 Å². The number of hydrogen-bond donors (Lipinski definition) is 1. The highest BCUT2D eigenvalue weighted by Gasteiger charge is 1.97. The molecule has 12 heavy (non-hydrogen) atoms. The molecule has 0 atom stereocenters. The summed E-state index contributed by atoms with van der Waals surface area (Å²) in [6, 6.07) is 0. The summed E-state index contributed by atoms with van der Waals surface area (Å²) in [5.74, 6) is 0.392. The van der Waals surface area contributed by atoms with Crippen LogP contribution in [0.25, 0.3) is 0 Å². The molecule has 0 aromatic carbocycles. The van der Waals surface area contributed by atoms with E-state index >= 15 is 0 Å². The van der Waals surface area contributed by atoms with Crippen LogP contribution in [0.3, 0.4) is 0 Å². The maximum atomic E-state index is 4.97. The Labute approximate surface area is 75.2 Å². The summed E-state index contributed by atoms with van der Waals surface area (Å²) in [6.45, 7) is 2.37. The Balaban J connectivity index is 2.47. The zero-order valence-corrected chi connectivity index (χ0v) is 7.34. The minimum Gasteiger partial charge on any atom is -0.471 e. The first-order chi connectivity index (χ1) is 5.83. The third kappa shape index (κ3) is 2.75. The van der Waals surface area contributed by atoms with Crippen LogP contribution in [-0.4, -0.2) is 26.7 Å². The van der Waals surface area contributed by atoms with Crippen LogP contribution in [0, 0.1) is 0 Å². The molecule has 6 heteroatoms. The molecule has 0 fully saturated rings. The van der Waals surface area contributed by atoms with Crippen LogP contribution in [0.1, 0.15) is 6.92 Å². The van der Waals surface area contributed by atoms with Gasteiger partial charge in [-0.15, -0.1) is 0 Å². The topological polar surface area (TPSA) is 59.9 Å². The first kappa shape index (κ1) is 8.79. The van der Waals surface area contributed by atoms with Crippen molar-refractivity contribution in [1.29, 1.82) is 0 Å². The first-order valence-corrected chi connectivity index (χ1v) is 3.79. The molecule has 0 unspecified atom stereocenters. The smallest absolute Gasteiger partial charge is 0.263 e. The molecule has 0 saturated carbocycles. The monoisotopic (exact) mass is 184 g/mol. The maximum absolute atomic E-state index is 4.97. The van der Waals surface area contributed by atoms with Crippen molar-refractivity contribution in [3.63, 3.8) is 0 Å². The molecule has 0 aliphatic carbocycles. The molecule has 1 aromatic heterocycles. The zero-order chi connectivity index (χ0) is 8.81. The third-order valence-electron chi connectivity index (χ3n) is 0.983. The molecular weight excluding hydrogens is 176 g/mol. The SMILES string of the molecule is CCOC(=S)Nc1ncncn1. The van der Waals surface area contributed by atoms with Gasteiger partial charge in [0.1, 0.15) is 12.7 Å². The molecule has 0 aliphatic heterocycles. The first-order valence-electron chi connectivity index (χ1n) is 3.38. The summed E-state index contributed by atoms with van der Waals surface area (Å²) >= 11 is 4.80. The van der Waals surface area contributed by atoms with Gasteiger partial charge in [0.2, 0.25) is 5.95 Å². The van der Waals surface area contributed by atoms with E-state index in [-0.39, 0.29) is 5.17 Å². The van der Waals surface area contributed by atoms with Crippen molar-refractivity contribution in [2.75, 3.05) is 11.9 Å². The normalized spacial score (nSPS) is 9.08. The van der Waals surface area contributed by atoms with Crippen molar-refractivity contribution in [3.05, 3.63) is 12.7 Å². The molecule has 0 spiro atoms. The molecule has 5 nitrogen and oxygen atoms in total. The van der Waals surface area contributed by atoms with Gasteiger partial charge in [-0.3, -0.25) is 5.32 Å². The van der Waals surface area contributed by atoms with E-state index in [1.807, 2.05) is 6.92 Å². The Morgan fingerprint density at radius 2 is 2.25 bits per heavy atom. The van der Waals surface area contributed by atoms with E-state index in [1.54, 1.807) is 0 Å². The molecule has 1 heterocycles. The van der Waals surface area contributed by atoms with E-state index in [9.17, 15) is 0 Å². The molecule has 0 radical (unpaired) electrons. The molecule has 0 saturated heterocycles. The third-order valence-corrected chi connectivity index (χ3v) is 1.20. The van der Waals surface area contributed by atoms with E-state index in [4.69, 9.17) is 17.0 Å². The van der Waals surface area contributed by atoms with E-state index < -0.39 is 0 Å². The predicted octanol–water partition coefficient (Wildman–Crippen LogP) is 0.605. The van der Waals surface area contributed by atoms with Crippen LogP contribution >= 0.6 is 12.2 Å². The molecule has 0 bridgehead atoms. The molecule has 1 N–H and O–H groups in total. The lowest BCUT2D eigenvalue weighted by Gasteiger charge is -2.04. The van der Waals surface area contributed by atoms with Crippen molar-refractivity contribution in [2.24, 2.45) is 0 Å². The average Bonchev–Trinajstić information content (AvgIpc) is 2.06. The van der Waals surface area contributed by atoms with Gasteiger partial charge in [0.15, 0.2) is 0 Å². The lowest BCUT2D eigenvalue weighted by atomic mass is 10.8. The highest BCUT2D eigenvalue weighted by molar-refractivity contribution is 7.80. The van der Waals surface area contributed by atoms with E-state index in [2.05, 4.69) is 20.3 Å². The molecular formula is C6H8N4OS. The second-order valence-electron chi connectivity index (χ2n) is 1.81. The van der Waals surface area contributed by atoms with Crippen LogP contribution in [0.2, 0.25) is 0 Å². The van der Waals surface area contributed by atoms with Gasteiger partial charge in [0.25, 0.3) is 5.17 Å². The van der Waals surface area contributed by atoms with Gasteiger partial charge >= 0.3 is 0 Å². The highest BCUT2D eigenvalue weighted by atomic mass is 32.1. The fraction of sp³-hybridized carbons (Fsp3) is 0.333. The second kappa shape index (κ2) is 4.55. The fourth-order valence-corrected chi connectivity index (χ4v) is 0.771.